The Morgan fingerprint density at radius 2 is 1.44 bits per heavy atom. The Bertz CT molecular complexity index is 1090. The number of phenolic OH excluding ortho intramolecular Hbond substituents is 1. The van der Waals surface area contributed by atoms with E-state index in [1.807, 2.05) is 0 Å². The first-order chi connectivity index (χ1) is 19.4. The minimum absolute atomic E-state index is 0.0204. The molecule has 1 aromatic carbocycles. The van der Waals surface area contributed by atoms with E-state index in [1.165, 1.54) is 40.0 Å². The van der Waals surface area contributed by atoms with E-state index in [-0.39, 0.29) is 37.6 Å². The zero-order chi connectivity index (χ0) is 30.3. The molecule has 0 radical (unpaired) electrons. The van der Waals surface area contributed by atoms with Crippen LogP contribution >= 0.6 is 0 Å². The second-order valence-corrected chi connectivity index (χ2v) is 9.70. The fourth-order valence-electron chi connectivity index (χ4n) is 4.69. The predicted molar refractivity (Wildman–Crippen MR) is 135 cm³/mol. The summed E-state index contributed by atoms with van der Waals surface area (Å²) in [7, 11) is 1.39. The molecule has 14 nitrogen and oxygen atoms in total. The van der Waals surface area contributed by atoms with E-state index in [0.717, 1.165) is 6.92 Å². The van der Waals surface area contributed by atoms with Crippen molar-refractivity contribution in [3.8, 4) is 11.5 Å². The number of benzene rings is 1. The zero-order valence-electron chi connectivity index (χ0n) is 23.5. The van der Waals surface area contributed by atoms with Crippen LogP contribution in [0.4, 0.5) is 0 Å². The number of phenols is 1. The topological polar surface area (TPSA) is 183 Å². The highest BCUT2D eigenvalue weighted by molar-refractivity contribution is 5.67. The third kappa shape index (κ3) is 9.01. The Morgan fingerprint density at radius 1 is 0.854 bits per heavy atom. The van der Waals surface area contributed by atoms with Crippen molar-refractivity contribution in [2.24, 2.45) is 0 Å². The molecule has 228 valence electrons. The van der Waals surface area contributed by atoms with Crippen LogP contribution in [0.25, 0.3) is 0 Å². The van der Waals surface area contributed by atoms with Gasteiger partial charge in [-0.1, -0.05) is 6.07 Å². The van der Waals surface area contributed by atoms with Crippen molar-refractivity contribution in [2.45, 2.75) is 89.6 Å². The summed E-state index contributed by atoms with van der Waals surface area (Å²) < 4.78 is 44.3. The van der Waals surface area contributed by atoms with Crippen LogP contribution in [0.3, 0.4) is 0 Å². The fraction of sp³-hybridized carbons (Fsp3) is 0.630. The van der Waals surface area contributed by atoms with Crippen molar-refractivity contribution in [3.05, 3.63) is 23.8 Å². The van der Waals surface area contributed by atoms with E-state index in [4.69, 9.17) is 37.9 Å². The molecule has 41 heavy (non-hydrogen) atoms. The average molecular weight is 585 g/mol. The van der Waals surface area contributed by atoms with Crippen LogP contribution < -0.4 is 4.74 Å². The smallest absolute Gasteiger partial charge is 0.303 e. The summed E-state index contributed by atoms with van der Waals surface area (Å²) in [6, 6.07) is 4.45. The first kappa shape index (κ1) is 32.1. The summed E-state index contributed by atoms with van der Waals surface area (Å²) in [4.78, 5) is 46.7. The number of rotatable bonds is 10. The second-order valence-electron chi connectivity index (χ2n) is 9.70. The molecular formula is C27H36O14. The largest absolute Gasteiger partial charge is 0.504 e. The van der Waals surface area contributed by atoms with Gasteiger partial charge in [-0.2, -0.15) is 0 Å². The average Bonchev–Trinajstić information content (AvgIpc) is 2.88. The molecule has 2 saturated heterocycles. The van der Waals surface area contributed by atoms with Crippen molar-refractivity contribution in [2.75, 3.05) is 20.3 Å². The number of aromatic hydroxyl groups is 1. The van der Waals surface area contributed by atoms with Crippen LogP contribution in [0.15, 0.2) is 18.2 Å². The van der Waals surface area contributed by atoms with E-state index >= 15 is 0 Å². The van der Waals surface area contributed by atoms with Gasteiger partial charge in [0.15, 0.2) is 23.9 Å². The lowest BCUT2D eigenvalue weighted by molar-refractivity contribution is -0.312. The number of esters is 4. The molecule has 0 bridgehead atoms. The lowest BCUT2D eigenvalue weighted by Crippen LogP contribution is -2.57. The van der Waals surface area contributed by atoms with Crippen molar-refractivity contribution in [1.82, 2.24) is 0 Å². The van der Waals surface area contributed by atoms with E-state index in [9.17, 15) is 29.4 Å². The summed E-state index contributed by atoms with van der Waals surface area (Å²) in [6.07, 6.45) is -8.56. The normalized spacial score (nSPS) is 29.6. The summed E-state index contributed by atoms with van der Waals surface area (Å²) in [5.41, 5.74) is 0.378. The van der Waals surface area contributed by atoms with Crippen molar-refractivity contribution in [3.63, 3.8) is 0 Å². The number of ether oxygens (including phenoxy) is 8. The van der Waals surface area contributed by atoms with Crippen molar-refractivity contribution < 1.29 is 67.3 Å². The third-order valence-electron chi connectivity index (χ3n) is 6.39. The standard InChI is InChI=1S/C27H36O14/c1-13(28)35-11-18-9-22(24(33)25(39-18)17-6-7-21(34-5)20(32)8-17)41-27-26(38-16(4)31)23(37-15(3)30)10-19(40-27)12-36-14(2)29/h6-8,18-19,22-27,32-33H,9-12H2,1-5H3/t18-,19-,22-,23-,24-,25+,26-,27+/m0/s1. The molecule has 0 aliphatic carbocycles. The fourth-order valence-corrected chi connectivity index (χ4v) is 4.69. The van der Waals surface area contributed by atoms with Gasteiger partial charge in [-0.25, -0.2) is 0 Å². The molecule has 2 N–H and O–H groups in total. The maximum atomic E-state index is 12.0. The first-order valence-electron chi connectivity index (χ1n) is 13.0. The third-order valence-corrected chi connectivity index (χ3v) is 6.39. The molecule has 2 aliphatic rings. The predicted octanol–water partition coefficient (Wildman–Crippen LogP) is 1.08. The Morgan fingerprint density at radius 3 is 1.98 bits per heavy atom. The second kappa shape index (κ2) is 14.4. The van der Waals surface area contributed by atoms with Crippen LogP contribution in [-0.4, -0.2) is 97.3 Å². The van der Waals surface area contributed by atoms with Gasteiger partial charge < -0.3 is 48.1 Å². The Kier molecular flexibility index (Phi) is 11.3. The molecule has 0 amide bonds. The zero-order valence-corrected chi connectivity index (χ0v) is 23.5. The molecule has 2 fully saturated rings. The number of hydrogen-bond acceptors (Lipinski definition) is 14. The maximum Gasteiger partial charge on any atom is 0.303 e. The molecule has 14 heteroatoms. The van der Waals surface area contributed by atoms with Gasteiger partial charge in [0, 0.05) is 40.5 Å². The number of methoxy groups -OCH3 is 1. The molecule has 2 heterocycles. The minimum Gasteiger partial charge on any atom is -0.504 e. The Hall–Kier alpha value is -3.46. The minimum atomic E-state index is -1.37. The monoisotopic (exact) mass is 584 g/mol. The first-order valence-corrected chi connectivity index (χ1v) is 13.0. The molecular weight excluding hydrogens is 548 g/mol. The SMILES string of the molecule is COc1ccc([C@H]2O[C@H](COC(C)=O)C[C@H](O[C@H]3O[C@H](COC(C)=O)C[C@H](OC(C)=O)[C@@H]3OC(C)=O)[C@@H]2O)cc1O. The van der Waals surface area contributed by atoms with Gasteiger partial charge in [-0.05, 0) is 17.7 Å². The van der Waals surface area contributed by atoms with Crippen molar-refractivity contribution in [1.29, 1.82) is 0 Å². The summed E-state index contributed by atoms with van der Waals surface area (Å²) in [5, 5.41) is 21.7. The van der Waals surface area contributed by atoms with E-state index < -0.39 is 72.9 Å². The molecule has 0 saturated carbocycles. The highest BCUT2D eigenvalue weighted by atomic mass is 16.7. The van der Waals surface area contributed by atoms with Gasteiger partial charge >= 0.3 is 23.9 Å². The number of aliphatic hydroxyl groups excluding tert-OH is 1. The van der Waals surface area contributed by atoms with E-state index in [0.29, 0.717) is 5.56 Å². The molecule has 1 aromatic rings. The molecule has 0 aromatic heterocycles. The Labute approximate surface area is 236 Å². The number of aliphatic hydroxyl groups is 1. The lowest BCUT2D eigenvalue weighted by Gasteiger charge is -2.44. The molecule has 3 rings (SSSR count). The van der Waals surface area contributed by atoms with Gasteiger partial charge in [-0.15, -0.1) is 0 Å². The number of hydrogen-bond donors (Lipinski definition) is 2. The summed E-state index contributed by atoms with van der Waals surface area (Å²) in [5.74, 6) is -2.43. The van der Waals surface area contributed by atoms with Crippen LogP contribution in [0.1, 0.15) is 52.2 Å². The number of carbonyl (C=O) groups excluding carboxylic acids is 4. The Balaban J connectivity index is 1.92. The van der Waals surface area contributed by atoms with Crippen LogP contribution in [0, 0.1) is 0 Å². The molecule has 8 atom stereocenters. The summed E-state index contributed by atoms with van der Waals surface area (Å²) in [6.45, 7) is 4.46. The van der Waals surface area contributed by atoms with Crippen LogP contribution in [0.2, 0.25) is 0 Å². The van der Waals surface area contributed by atoms with Crippen LogP contribution in [-0.2, 0) is 52.3 Å². The highest BCUT2D eigenvalue weighted by Crippen LogP contribution is 2.39. The van der Waals surface area contributed by atoms with Crippen molar-refractivity contribution >= 4 is 23.9 Å². The van der Waals surface area contributed by atoms with Gasteiger partial charge in [0.25, 0.3) is 0 Å². The van der Waals surface area contributed by atoms with E-state index in [1.54, 1.807) is 6.07 Å². The molecule has 2 aliphatic heterocycles. The summed E-state index contributed by atoms with van der Waals surface area (Å²) >= 11 is 0. The van der Waals surface area contributed by atoms with Gasteiger partial charge in [0.2, 0.25) is 0 Å². The van der Waals surface area contributed by atoms with E-state index in [2.05, 4.69) is 0 Å². The molecule has 0 spiro atoms. The lowest BCUT2D eigenvalue weighted by atomic mass is 9.92. The van der Waals surface area contributed by atoms with Gasteiger partial charge in [-0.3, -0.25) is 19.2 Å². The maximum absolute atomic E-state index is 12.0. The quantitative estimate of drug-likeness (QED) is 0.294. The highest BCUT2D eigenvalue weighted by Gasteiger charge is 2.48. The van der Waals surface area contributed by atoms with Gasteiger partial charge in [0.1, 0.15) is 31.5 Å². The molecule has 0 unspecified atom stereocenters. The van der Waals surface area contributed by atoms with Gasteiger partial charge in [0.05, 0.1) is 25.4 Å². The van der Waals surface area contributed by atoms with Crippen LogP contribution in [0.5, 0.6) is 11.5 Å². The number of carbonyl (C=O) groups is 4.